The van der Waals surface area contributed by atoms with Crippen molar-refractivity contribution in [2.75, 3.05) is 46.2 Å². The van der Waals surface area contributed by atoms with Crippen LogP contribution in [0.25, 0.3) is 0 Å². The van der Waals surface area contributed by atoms with Gasteiger partial charge >= 0.3 is 17.9 Å². The smallest absolute Gasteiger partial charge is 0.303 e. The molecule has 1 rings (SSSR count). The van der Waals surface area contributed by atoms with E-state index in [0.29, 0.717) is 26.4 Å². The fraction of sp³-hybridized carbons (Fsp3) is 0.762. The van der Waals surface area contributed by atoms with E-state index >= 15 is 0 Å². The van der Waals surface area contributed by atoms with Gasteiger partial charge in [-0.1, -0.05) is 5.92 Å². The van der Waals surface area contributed by atoms with Crippen LogP contribution in [0.15, 0.2) is 0 Å². The molecule has 0 spiro atoms. The molecule has 1 saturated heterocycles. The van der Waals surface area contributed by atoms with Gasteiger partial charge in [0.05, 0.1) is 45.7 Å². The second-order valence-electron chi connectivity index (χ2n) is 6.78. The molecule has 0 bridgehead atoms. The summed E-state index contributed by atoms with van der Waals surface area (Å²) in [5, 5.41) is 0. The van der Waals surface area contributed by atoms with Crippen LogP contribution < -0.4 is 0 Å². The normalized spacial score (nSPS) is 24.9. The molecule has 11 nitrogen and oxygen atoms in total. The first-order valence-electron chi connectivity index (χ1n) is 10.2. The molecule has 0 N–H and O–H groups in total. The third-order valence-electron chi connectivity index (χ3n) is 4.07. The second kappa shape index (κ2) is 15.6. The number of esters is 3. The fourth-order valence-electron chi connectivity index (χ4n) is 2.90. The number of rotatable bonds is 14. The average molecular weight is 460 g/mol. The van der Waals surface area contributed by atoms with Crippen LogP contribution >= 0.6 is 0 Å². The Balaban J connectivity index is 2.54. The Labute approximate surface area is 187 Å². The molecular formula is C21H32O11. The summed E-state index contributed by atoms with van der Waals surface area (Å²) in [7, 11) is 0. The molecule has 32 heavy (non-hydrogen) atoms. The SMILES string of the molecule is C#CCOCCOCCOCCO[C@@H]1O[C@@H](C)[C@@H](OC(C)=O)[C@@H](OC(C)=O)[C@@H]1OC(C)=O. The van der Waals surface area contributed by atoms with Crippen LogP contribution in [0.4, 0.5) is 0 Å². The topological polar surface area (TPSA) is 125 Å². The van der Waals surface area contributed by atoms with Crippen LogP contribution in [-0.2, 0) is 52.3 Å². The standard InChI is InChI=1S/C21H32O11/c1-6-7-25-8-9-26-10-11-27-12-13-28-21-20(32-17(5)24)19(31-16(4)23)18(14(2)29-21)30-15(3)22/h1,14,18-21H,7-13H2,2-5H3/t14-,18+,19+,20-,21+/m0/s1. The first kappa shape index (κ1) is 27.8. The molecule has 0 saturated carbocycles. The first-order valence-corrected chi connectivity index (χ1v) is 10.2. The van der Waals surface area contributed by atoms with E-state index in [1.807, 2.05) is 0 Å². The van der Waals surface area contributed by atoms with Gasteiger partial charge in [0.2, 0.25) is 0 Å². The van der Waals surface area contributed by atoms with E-state index in [-0.39, 0.29) is 19.8 Å². The van der Waals surface area contributed by atoms with Crippen molar-refractivity contribution in [1.29, 1.82) is 0 Å². The third kappa shape index (κ3) is 10.9. The van der Waals surface area contributed by atoms with Crippen LogP contribution in [0.3, 0.4) is 0 Å². The Morgan fingerprint density at radius 3 is 1.75 bits per heavy atom. The number of hydrogen-bond acceptors (Lipinski definition) is 11. The minimum Gasteiger partial charge on any atom is -0.456 e. The van der Waals surface area contributed by atoms with Gasteiger partial charge in [0.1, 0.15) is 6.61 Å². The highest BCUT2D eigenvalue weighted by Crippen LogP contribution is 2.29. The van der Waals surface area contributed by atoms with E-state index in [1.54, 1.807) is 6.92 Å². The van der Waals surface area contributed by atoms with Crippen molar-refractivity contribution in [2.24, 2.45) is 0 Å². The number of terminal acetylenes is 1. The van der Waals surface area contributed by atoms with Crippen molar-refractivity contribution < 1.29 is 52.3 Å². The number of hydrogen-bond donors (Lipinski definition) is 0. The first-order chi connectivity index (χ1) is 15.3. The fourth-order valence-corrected chi connectivity index (χ4v) is 2.90. The van der Waals surface area contributed by atoms with Gasteiger partial charge in [-0.15, -0.1) is 6.42 Å². The van der Waals surface area contributed by atoms with E-state index in [0.717, 1.165) is 0 Å². The second-order valence-corrected chi connectivity index (χ2v) is 6.78. The number of ether oxygens (including phenoxy) is 8. The Kier molecular flexibility index (Phi) is 13.5. The Morgan fingerprint density at radius 2 is 1.22 bits per heavy atom. The summed E-state index contributed by atoms with van der Waals surface area (Å²) in [5.41, 5.74) is 0. The van der Waals surface area contributed by atoms with Crippen molar-refractivity contribution in [3.63, 3.8) is 0 Å². The molecule has 1 fully saturated rings. The maximum Gasteiger partial charge on any atom is 0.303 e. The van der Waals surface area contributed by atoms with E-state index < -0.39 is 48.6 Å². The van der Waals surface area contributed by atoms with Crippen molar-refractivity contribution in [2.45, 2.75) is 58.4 Å². The average Bonchev–Trinajstić information content (AvgIpc) is 2.70. The van der Waals surface area contributed by atoms with E-state index in [2.05, 4.69) is 5.92 Å². The monoisotopic (exact) mass is 460 g/mol. The van der Waals surface area contributed by atoms with Gasteiger partial charge in [0, 0.05) is 20.8 Å². The molecule has 1 aliphatic rings. The summed E-state index contributed by atoms with van der Waals surface area (Å²) < 4.78 is 43.0. The Morgan fingerprint density at radius 1 is 0.750 bits per heavy atom. The lowest BCUT2D eigenvalue weighted by molar-refractivity contribution is -0.302. The Bertz CT molecular complexity index is 630. The van der Waals surface area contributed by atoms with E-state index in [1.165, 1.54) is 20.8 Å². The number of carbonyl (C=O) groups excluding carboxylic acids is 3. The van der Waals surface area contributed by atoms with E-state index in [9.17, 15) is 14.4 Å². The van der Waals surface area contributed by atoms with Crippen LogP contribution in [0, 0.1) is 12.3 Å². The van der Waals surface area contributed by atoms with Crippen molar-refractivity contribution in [3.05, 3.63) is 0 Å². The molecule has 0 unspecified atom stereocenters. The van der Waals surface area contributed by atoms with Crippen LogP contribution in [-0.4, -0.2) is 94.9 Å². The van der Waals surface area contributed by atoms with Gasteiger partial charge < -0.3 is 37.9 Å². The largest absolute Gasteiger partial charge is 0.456 e. The van der Waals surface area contributed by atoms with Gasteiger partial charge in [0.25, 0.3) is 0 Å². The highest BCUT2D eigenvalue weighted by Gasteiger charge is 2.50. The molecular weight excluding hydrogens is 428 g/mol. The zero-order valence-electron chi connectivity index (χ0n) is 18.9. The summed E-state index contributed by atoms with van der Waals surface area (Å²) in [5.74, 6) is 0.489. The van der Waals surface area contributed by atoms with Gasteiger partial charge in [-0.25, -0.2) is 0 Å². The maximum atomic E-state index is 11.6. The molecule has 1 aliphatic heterocycles. The van der Waals surface area contributed by atoms with Crippen molar-refractivity contribution >= 4 is 17.9 Å². The summed E-state index contributed by atoms with van der Waals surface area (Å²) in [6.07, 6.45) is 0.110. The Hall–Kier alpha value is -2.23. The van der Waals surface area contributed by atoms with Crippen LogP contribution in [0.5, 0.6) is 0 Å². The van der Waals surface area contributed by atoms with Gasteiger partial charge in [-0.3, -0.25) is 14.4 Å². The van der Waals surface area contributed by atoms with Crippen molar-refractivity contribution in [1.82, 2.24) is 0 Å². The number of carbonyl (C=O) groups is 3. The molecule has 0 aromatic rings. The highest BCUT2D eigenvalue weighted by molar-refractivity contribution is 5.68. The zero-order valence-corrected chi connectivity index (χ0v) is 18.9. The van der Waals surface area contributed by atoms with Crippen LogP contribution in [0.2, 0.25) is 0 Å². The van der Waals surface area contributed by atoms with E-state index in [4.69, 9.17) is 44.3 Å². The molecule has 1 heterocycles. The summed E-state index contributed by atoms with van der Waals surface area (Å²) in [4.78, 5) is 34.7. The van der Waals surface area contributed by atoms with Gasteiger partial charge in [-0.05, 0) is 6.92 Å². The quantitative estimate of drug-likeness (QED) is 0.153. The molecule has 0 aliphatic carbocycles. The van der Waals surface area contributed by atoms with Crippen molar-refractivity contribution in [3.8, 4) is 12.3 Å². The zero-order chi connectivity index (χ0) is 23.9. The molecule has 0 radical (unpaired) electrons. The molecule has 182 valence electrons. The maximum absolute atomic E-state index is 11.6. The molecule has 11 heteroatoms. The molecule has 0 aromatic carbocycles. The highest BCUT2D eigenvalue weighted by atomic mass is 16.7. The summed E-state index contributed by atoms with van der Waals surface area (Å²) in [6, 6.07) is 0. The predicted molar refractivity (Wildman–Crippen MR) is 108 cm³/mol. The lowest BCUT2D eigenvalue weighted by atomic mass is 9.99. The molecule has 5 atom stereocenters. The summed E-state index contributed by atoms with van der Waals surface area (Å²) >= 11 is 0. The van der Waals surface area contributed by atoms with Gasteiger partial charge in [-0.2, -0.15) is 0 Å². The summed E-state index contributed by atoms with van der Waals surface area (Å²) in [6.45, 7) is 7.30. The minimum absolute atomic E-state index is 0.103. The van der Waals surface area contributed by atoms with Crippen LogP contribution in [0.1, 0.15) is 27.7 Å². The van der Waals surface area contributed by atoms with Gasteiger partial charge in [0.15, 0.2) is 24.6 Å². The molecule has 0 aromatic heterocycles. The lowest BCUT2D eigenvalue weighted by Gasteiger charge is -2.43. The lowest BCUT2D eigenvalue weighted by Crippen LogP contribution is -2.61. The third-order valence-corrected chi connectivity index (χ3v) is 4.07. The predicted octanol–water partition coefficient (Wildman–Crippen LogP) is 0.226. The minimum atomic E-state index is -1.14. The molecule has 0 amide bonds.